The Balaban J connectivity index is 1.65. The van der Waals surface area contributed by atoms with Crippen molar-refractivity contribution >= 4 is 15.9 Å². The molecule has 8 nitrogen and oxygen atoms in total. The first kappa shape index (κ1) is 25.1. The Morgan fingerprint density at radius 2 is 2.03 bits per heavy atom. The molecule has 180 valence electrons. The van der Waals surface area contributed by atoms with Crippen LogP contribution in [0.2, 0.25) is 0 Å². The van der Waals surface area contributed by atoms with Crippen LogP contribution in [-0.4, -0.2) is 53.8 Å². The zero-order valence-electron chi connectivity index (χ0n) is 18.8. The normalized spacial score (nSPS) is 16.5. The number of nitrogens with one attached hydrogen (secondary N) is 1. The average Bonchev–Trinajstić information content (AvgIpc) is 2.79. The van der Waals surface area contributed by atoms with E-state index < -0.39 is 21.8 Å². The van der Waals surface area contributed by atoms with Crippen molar-refractivity contribution in [1.82, 2.24) is 14.8 Å². The summed E-state index contributed by atoms with van der Waals surface area (Å²) in [4.78, 5) is 16.0. The second-order valence-electron chi connectivity index (χ2n) is 8.68. The van der Waals surface area contributed by atoms with Crippen LogP contribution in [0.4, 0.5) is 4.39 Å². The third kappa shape index (κ3) is 6.72. The highest BCUT2D eigenvalue weighted by Crippen LogP contribution is 2.32. The second kappa shape index (κ2) is 11.0. The number of hydrogen-bond donors (Lipinski definition) is 2. The first-order valence-corrected chi connectivity index (χ1v) is 12.6. The van der Waals surface area contributed by atoms with Crippen LogP contribution in [0.5, 0.6) is 5.75 Å². The number of carbonyl (C=O) groups is 1. The number of benzene rings is 1. The van der Waals surface area contributed by atoms with Crippen molar-refractivity contribution in [3.05, 3.63) is 48.5 Å². The first-order chi connectivity index (χ1) is 15.7. The molecule has 2 N–H and O–H groups in total. The summed E-state index contributed by atoms with van der Waals surface area (Å²) < 4.78 is 47.2. The lowest BCUT2D eigenvalue weighted by molar-refractivity contribution is -0.133. The van der Waals surface area contributed by atoms with Crippen molar-refractivity contribution in [2.75, 3.05) is 18.8 Å². The van der Waals surface area contributed by atoms with Gasteiger partial charge in [-0.3, -0.25) is 15.0 Å². The summed E-state index contributed by atoms with van der Waals surface area (Å²) in [6.45, 7) is 4.29. The molecule has 0 unspecified atom stereocenters. The number of carbonyl (C=O) groups excluding carboxylic acids is 1. The highest BCUT2D eigenvalue weighted by molar-refractivity contribution is 7.89. The van der Waals surface area contributed by atoms with Crippen LogP contribution in [-0.2, 0) is 14.8 Å². The summed E-state index contributed by atoms with van der Waals surface area (Å²) in [5, 5.41) is 8.97. The Kier molecular flexibility index (Phi) is 8.39. The maximum Gasteiger partial charge on any atom is 0.247 e. The Labute approximate surface area is 193 Å². The van der Waals surface area contributed by atoms with Crippen molar-refractivity contribution in [1.29, 1.82) is 0 Å². The van der Waals surface area contributed by atoms with Gasteiger partial charge in [-0.15, -0.1) is 0 Å². The molecule has 0 spiro atoms. The molecule has 1 aromatic carbocycles. The number of aromatic nitrogens is 1. The molecule has 3 rings (SSSR count). The van der Waals surface area contributed by atoms with Crippen LogP contribution in [0, 0.1) is 17.7 Å². The molecule has 1 amide bonds. The molecule has 1 aliphatic heterocycles. The molecule has 0 saturated carbocycles. The number of hydroxylamine groups is 1. The topological polar surface area (TPSA) is 109 Å². The number of halogens is 1. The predicted molar refractivity (Wildman–Crippen MR) is 122 cm³/mol. The summed E-state index contributed by atoms with van der Waals surface area (Å²) in [6.07, 6.45) is 4.31. The van der Waals surface area contributed by atoms with Crippen molar-refractivity contribution in [3.8, 4) is 16.9 Å². The fraction of sp³-hybridized carbons (Fsp3) is 0.478. The van der Waals surface area contributed by atoms with Gasteiger partial charge < -0.3 is 4.74 Å². The first-order valence-electron chi connectivity index (χ1n) is 11.0. The molecule has 1 saturated heterocycles. The van der Waals surface area contributed by atoms with Gasteiger partial charge in [0.25, 0.3) is 0 Å². The zero-order valence-corrected chi connectivity index (χ0v) is 19.6. The van der Waals surface area contributed by atoms with E-state index in [1.807, 2.05) is 19.9 Å². The van der Waals surface area contributed by atoms with Crippen LogP contribution in [0.3, 0.4) is 0 Å². The predicted octanol–water partition coefficient (Wildman–Crippen LogP) is 3.23. The monoisotopic (exact) mass is 479 g/mol. The molecule has 1 aliphatic rings. The maximum absolute atomic E-state index is 13.9. The smallest absolute Gasteiger partial charge is 0.247 e. The van der Waals surface area contributed by atoms with Crippen molar-refractivity contribution in [3.63, 3.8) is 0 Å². The molecule has 10 heteroatoms. The number of amides is 1. The summed E-state index contributed by atoms with van der Waals surface area (Å²) in [5.74, 6) is -1.63. The van der Waals surface area contributed by atoms with E-state index in [0.717, 1.165) is 5.56 Å². The van der Waals surface area contributed by atoms with Crippen LogP contribution in [0.1, 0.15) is 33.1 Å². The van der Waals surface area contributed by atoms with Crippen LogP contribution < -0.4 is 10.2 Å². The van der Waals surface area contributed by atoms with Crippen LogP contribution >= 0.6 is 0 Å². The lowest BCUT2D eigenvalue weighted by Gasteiger charge is -2.32. The lowest BCUT2D eigenvalue weighted by Crippen LogP contribution is -2.45. The third-order valence-corrected chi connectivity index (χ3v) is 7.63. The number of sulfonamides is 1. The number of pyridine rings is 1. The quantitative estimate of drug-likeness (QED) is 0.422. The van der Waals surface area contributed by atoms with Gasteiger partial charge in [-0.2, -0.15) is 0 Å². The number of hydrogen-bond acceptors (Lipinski definition) is 6. The Morgan fingerprint density at radius 1 is 1.30 bits per heavy atom. The van der Waals surface area contributed by atoms with Crippen LogP contribution in [0.25, 0.3) is 11.1 Å². The van der Waals surface area contributed by atoms with Gasteiger partial charge in [0.15, 0.2) is 0 Å². The minimum atomic E-state index is -3.69. The Bertz CT molecular complexity index is 1040. The van der Waals surface area contributed by atoms with Crippen LogP contribution in [0.15, 0.2) is 42.7 Å². The molecule has 33 heavy (non-hydrogen) atoms. The van der Waals surface area contributed by atoms with Gasteiger partial charge in [-0.05, 0) is 49.4 Å². The molecule has 1 fully saturated rings. The van der Waals surface area contributed by atoms with E-state index >= 15 is 0 Å². The standard InChI is InChI=1S/C23H30FN3O5S/c1-16(2)12-18(23(28)26-29)15-33(30,31)27-10-7-20(8-11-27)32-22-6-5-19(24)13-21(22)17-4-3-9-25-14-17/h3-6,9,13-14,16,18,20,29H,7-8,10-12,15H2,1-2H3,(H,26,28)/t18-/m0/s1. The largest absolute Gasteiger partial charge is 0.490 e. The summed E-state index contributed by atoms with van der Waals surface area (Å²) >= 11 is 0. The molecule has 0 aliphatic carbocycles. The summed E-state index contributed by atoms with van der Waals surface area (Å²) in [7, 11) is -3.69. The van der Waals surface area contributed by atoms with E-state index in [2.05, 4.69) is 4.98 Å². The molecule has 1 aromatic heterocycles. The molecule has 1 atom stereocenters. The van der Waals surface area contributed by atoms with Crippen molar-refractivity contribution in [2.45, 2.75) is 39.2 Å². The molecular weight excluding hydrogens is 449 g/mol. The minimum Gasteiger partial charge on any atom is -0.490 e. The van der Waals surface area contributed by atoms with Gasteiger partial charge in [0.1, 0.15) is 17.7 Å². The van der Waals surface area contributed by atoms with Gasteiger partial charge in [-0.25, -0.2) is 22.6 Å². The lowest BCUT2D eigenvalue weighted by atomic mass is 9.98. The molecule has 2 aromatic rings. The molecule has 2 heterocycles. The number of piperidine rings is 1. The minimum absolute atomic E-state index is 0.103. The van der Waals surface area contributed by atoms with Gasteiger partial charge >= 0.3 is 0 Å². The van der Waals surface area contributed by atoms with E-state index in [1.165, 1.54) is 16.4 Å². The SMILES string of the molecule is CC(C)C[C@@H](CS(=O)(=O)N1CCC(Oc2ccc(F)cc2-c2cccnc2)CC1)C(=O)NO. The van der Waals surface area contributed by atoms with Gasteiger partial charge in [0.05, 0.1) is 11.7 Å². The van der Waals surface area contributed by atoms with E-state index in [4.69, 9.17) is 9.94 Å². The highest BCUT2D eigenvalue weighted by atomic mass is 32.2. The second-order valence-corrected chi connectivity index (χ2v) is 10.7. The van der Waals surface area contributed by atoms with Gasteiger partial charge in [0.2, 0.25) is 15.9 Å². The van der Waals surface area contributed by atoms with Gasteiger partial charge in [0, 0.05) is 36.6 Å². The van der Waals surface area contributed by atoms with E-state index in [0.29, 0.717) is 30.6 Å². The third-order valence-electron chi connectivity index (χ3n) is 5.65. The zero-order chi connectivity index (χ0) is 24.0. The Morgan fingerprint density at radius 3 is 2.64 bits per heavy atom. The van der Waals surface area contributed by atoms with E-state index in [1.54, 1.807) is 30.0 Å². The highest BCUT2D eigenvalue weighted by Gasteiger charge is 2.33. The molecular formula is C23H30FN3O5S. The van der Waals surface area contributed by atoms with Crippen molar-refractivity contribution < 1.29 is 27.5 Å². The van der Waals surface area contributed by atoms with Crippen molar-refractivity contribution in [2.24, 2.45) is 11.8 Å². The van der Waals surface area contributed by atoms with Gasteiger partial charge in [-0.1, -0.05) is 19.9 Å². The maximum atomic E-state index is 13.9. The number of ether oxygens (including phenoxy) is 1. The summed E-state index contributed by atoms with van der Waals surface area (Å²) in [5.41, 5.74) is 2.89. The molecule has 0 bridgehead atoms. The van der Waals surface area contributed by atoms with E-state index in [9.17, 15) is 17.6 Å². The number of nitrogens with zero attached hydrogens (tertiary/aromatic N) is 2. The fourth-order valence-corrected chi connectivity index (χ4v) is 5.80. The Hall–Kier alpha value is -2.56. The molecule has 0 radical (unpaired) electrons. The summed E-state index contributed by atoms with van der Waals surface area (Å²) in [6, 6.07) is 7.88. The average molecular weight is 480 g/mol. The fourth-order valence-electron chi connectivity index (χ4n) is 4.03. The van der Waals surface area contributed by atoms with E-state index in [-0.39, 0.29) is 36.7 Å². The number of rotatable bonds is 9.